The van der Waals surface area contributed by atoms with Crippen LogP contribution in [-0.2, 0) is 17.3 Å². The van der Waals surface area contributed by atoms with Crippen molar-refractivity contribution in [2.45, 2.75) is 32.5 Å². The van der Waals surface area contributed by atoms with E-state index >= 15 is 0 Å². The van der Waals surface area contributed by atoms with E-state index in [0.717, 1.165) is 17.9 Å². The molecular weight excluding hydrogens is 378 g/mol. The number of ether oxygens (including phenoxy) is 2. The Morgan fingerprint density at radius 1 is 1.25 bits per heavy atom. The Kier molecular flexibility index (Phi) is 7.47. The summed E-state index contributed by atoms with van der Waals surface area (Å²) < 4.78 is 25.1. The second-order valence-electron chi connectivity index (χ2n) is 6.82. The quantitative estimate of drug-likeness (QED) is 0.684. The summed E-state index contributed by atoms with van der Waals surface area (Å²) in [4.78, 5) is 2.19. The number of aliphatic hydroxyl groups excluding tert-OH is 1. The molecule has 1 saturated heterocycles. The van der Waals surface area contributed by atoms with Gasteiger partial charge in [-0.25, -0.2) is 0 Å². The summed E-state index contributed by atoms with van der Waals surface area (Å²) >= 11 is 0. The highest BCUT2D eigenvalue weighted by Gasteiger charge is 2.30. The largest absolute Gasteiger partial charge is 0.494 e. The highest BCUT2D eigenvalue weighted by atomic mass is 32.2. The zero-order valence-electron chi connectivity index (χ0n) is 16.5. The molecule has 28 heavy (non-hydrogen) atoms. The lowest BCUT2D eigenvalue weighted by atomic mass is 10.1. The summed E-state index contributed by atoms with van der Waals surface area (Å²) in [7, 11) is -0.840. The predicted octanol–water partition coefficient (Wildman–Crippen LogP) is 1.85. The molecule has 3 rings (SSSR count). The average molecular weight is 408 g/mol. The van der Waals surface area contributed by atoms with Crippen LogP contribution in [0.25, 0.3) is 0 Å². The van der Waals surface area contributed by atoms with E-state index in [1.807, 2.05) is 55.2 Å². The van der Waals surface area contributed by atoms with Crippen molar-refractivity contribution in [2.75, 3.05) is 37.8 Å². The summed E-state index contributed by atoms with van der Waals surface area (Å²) in [6, 6.07) is 7.39. The van der Waals surface area contributed by atoms with Crippen molar-refractivity contribution < 1.29 is 18.8 Å². The molecule has 1 aliphatic heterocycles. The van der Waals surface area contributed by atoms with E-state index in [9.17, 15) is 9.32 Å². The Balaban J connectivity index is 1.56. The smallest absolute Gasteiger partial charge is 0.119 e. The highest BCUT2D eigenvalue weighted by molar-refractivity contribution is 7.85. The first kappa shape index (κ1) is 20.8. The van der Waals surface area contributed by atoms with Gasteiger partial charge in [0.15, 0.2) is 0 Å². The van der Waals surface area contributed by atoms with Crippen molar-refractivity contribution in [3.63, 3.8) is 0 Å². The van der Waals surface area contributed by atoms with Crippen molar-refractivity contribution in [3.05, 3.63) is 42.2 Å². The molecule has 1 aliphatic rings. The topological polar surface area (TPSA) is 76.8 Å². The molecule has 0 spiro atoms. The third-order valence-electron chi connectivity index (χ3n) is 4.78. The van der Waals surface area contributed by atoms with Crippen molar-refractivity contribution in [2.24, 2.45) is 0 Å². The van der Waals surface area contributed by atoms with Crippen LogP contribution >= 0.6 is 0 Å². The van der Waals surface area contributed by atoms with Crippen molar-refractivity contribution in [3.8, 4) is 11.5 Å². The molecular formula is C20H29N3O4S. The molecule has 0 saturated carbocycles. The zero-order chi connectivity index (χ0) is 19.9. The molecule has 2 aromatic rings. The van der Waals surface area contributed by atoms with Gasteiger partial charge in [-0.15, -0.1) is 0 Å². The van der Waals surface area contributed by atoms with E-state index in [1.54, 1.807) is 0 Å². The van der Waals surface area contributed by atoms with E-state index in [2.05, 4.69) is 10.00 Å². The Morgan fingerprint density at radius 2 is 1.96 bits per heavy atom. The second kappa shape index (κ2) is 10.0. The molecule has 8 heteroatoms. The Hall–Kier alpha value is -1.90. The number of benzene rings is 1. The molecule has 1 aromatic carbocycles. The third kappa shape index (κ3) is 5.56. The van der Waals surface area contributed by atoms with Gasteiger partial charge in [-0.2, -0.15) is 5.10 Å². The molecule has 3 atom stereocenters. The summed E-state index contributed by atoms with van der Waals surface area (Å²) in [5, 5.41) is 14.8. The van der Waals surface area contributed by atoms with Crippen molar-refractivity contribution >= 4 is 10.8 Å². The van der Waals surface area contributed by atoms with Crippen LogP contribution in [0, 0.1) is 0 Å². The maximum atomic E-state index is 12.1. The van der Waals surface area contributed by atoms with Crippen LogP contribution in [0.2, 0.25) is 0 Å². The minimum atomic E-state index is -0.840. The molecule has 0 unspecified atom stereocenters. The Labute approximate surface area is 168 Å². The summed E-state index contributed by atoms with van der Waals surface area (Å²) in [6.07, 6.45) is 3.21. The average Bonchev–Trinajstić information content (AvgIpc) is 3.18. The number of hydrogen-bond acceptors (Lipinski definition) is 6. The first-order valence-electron chi connectivity index (χ1n) is 9.74. The minimum absolute atomic E-state index is 0.00927. The Morgan fingerprint density at radius 3 is 2.61 bits per heavy atom. The van der Waals surface area contributed by atoms with Gasteiger partial charge >= 0.3 is 0 Å². The summed E-state index contributed by atoms with van der Waals surface area (Å²) in [6.45, 7) is 6.76. The van der Waals surface area contributed by atoms with Crippen LogP contribution in [0.3, 0.4) is 0 Å². The van der Waals surface area contributed by atoms with Crippen molar-refractivity contribution in [1.29, 1.82) is 0 Å². The number of hydrogen-bond donors (Lipinski definition) is 1. The van der Waals surface area contributed by atoms with Gasteiger partial charge in [0.05, 0.1) is 12.8 Å². The van der Waals surface area contributed by atoms with Gasteiger partial charge in [-0.1, -0.05) is 0 Å². The number of nitrogens with zero attached hydrogens (tertiary/aromatic N) is 3. The molecule has 0 amide bonds. The first-order valence-corrected chi connectivity index (χ1v) is 11.2. The van der Waals surface area contributed by atoms with E-state index < -0.39 is 16.9 Å². The monoisotopic (exact) mass is 407 g/mol. The van der Waals surface area contributed by atoms with Crippen LogP contribution in [0.1, 0.15) is 25.5 Å². The van der Waals surface area contributed by atoms with Crippen LogP contribution in [0.4, 0.5) is 0 Å². The van der Waals surface area contributed by atoms with Crippen LogP contribution in [0.15, 0.2) is 36.7 Å². The molecule has 0 radical (unpaired) electrons. The van der Waals surface area contributed by atoms with Gasteiger partial charge in [-0.05, 0) is 38.1 Å². The first-order chi connectivity index (χ1) is 13.6. The van der Waals surface area contributed by atoms with Gasteiger partial charge in [0, 0.05) is 59.7 Å². The maximum Gasteiger partial charge on any atom is 0.119 e. The lowest BCUT2D eigenvalue weighted by Gasteiger charge is -2.35. The van der Waals surface area contributed by atoms with Gasteiger partial charge in [-0.3, -0.25) is 13.8 Å². The number of aliphatic hydroxyl groups is 1. The highest BCUT2D eigenvalue weighted by Crippen LogP contribution is 2.25. The summed E-state index contributed by atoms with van der Waals surface area (Å²) in [5.74, 6) is 2.70. The summed E-state index contributed by atoms with van der Waals surface area (Å²) in [5.41, 5.74) is 1.05. The molecule has 0 bridgehead atoms. The van der Waals surface area contributed by atoms with E-state index in [-0.39, 0.29) is 12.6 Å². The van der Waals surface area contributed by atoms with Gasteiger partial charge < -0.3 is 14.6 Å². The van der Waals surface area contributed by atoms with Crippen LogP contribution in [-0.4, -0.2) is 67.9 Å². The van der Waals surface area contributed by atoms with Crippen LogP contribution < -0.4 is 9.47 Å². The third-order valence-corrected chi connectivity index (χ3v) is 6.10. The minimum Gasteiger partial charge on any atom is -0.494 e. The molecule has 2 heterocycles. The van der Waals surface area contributed by atoms with Gasteiger partial charge in [0.25, 0.3) is 0 Å². The van der Waals surface area contributed by atoms with Gasteiger partial charge in [0.1, 0.15) is 24.2 Å². The lowest BCUT2D eigenvalue weighted by Crippen LogP contribution is -2.45. The standard InChI is InChI=1S/C20H29N3O4S/c1-3-23-12-16(11-21-23)20-15-28(25)10-9-22(20)13-17(24)14-27-19-7-5-18(6-8-19)26-4-2/h5-8,11-12,17,20,24H,3-4,9-10,13-15H2,1-2H3/t17-,20+,28-/m1/s1. The number of aromatic nitrogens is 2. The number of β-amino-alcohol motifs (C(OH)–C–C–N with tert-alkyl or cyclic N) is 1. The van der Waals surface area contributed by atoms with Crippen molar-refractivity contribution in [1.82, 2.24) is 14.7 Å². The van der Waals surface area contributed by atoms with E-state index in [0.29, 0.717) is 37.0 Å². The van der Waals surface area contributed by atoms with Crippen LogP contribution in [0.5, 0.6) is 11.5 Å². The molecule has 0 aliphatic carbocycles. The SMILES string of the molecule is CCOc1ccc(OC[C@H](O)CN2CC[S@@](=O)C[C@H]2c2cnn(CC)c2)cc1. The molecule has 1 N–H and O–H groups in total. The molecule has 1 aromatic heterocycles. The Bertz CT molecular complexity index is 765. The van der Waals surface area contributed by atoms with Gasteiger partial charge in [0.2, 0.25) is 0 Å². The predicted molar refractivity (Wildman–Crippen MR) is 109 cm³/mol. The number of aryl methyl sites for hydroxylation is 1. The fourth-order valence-electron chi connectivity index (χ4n) is 3.30. The molecule has 1 fully saturated rings. The maximum absolute atomic E-state index is 12.1. The van der Waals surface area contributed by atoms with E-state index in [4.69, 9.17) is 9.47 Å². The lowest BCUT2D eigenvalue weighted by molar-refractivity contribution is 0.0562. The zero-order valence-corrected chi connectivity index (χ0v) is 17.3. The molecule has 7 nitrogen and oxygen atoms in total. The second-order valence-corrected chi connectivity index (χ2v) is 8.44. The number of rotatable bonds is 9. The van der Waals surface area contributed by atoms with E-state index in [1.165, 1.54) is 0 Å². The fourth-order valence-corrected chi connectivity index (χ4v) is 4.66. The fraction of sp³-hybridized carbons (Fsp3) is 0.550. The molecule has 154 valence electrons. The normalized spacial score (nSPS) is 21.4.